The fraction of sp³-hybridized carbons (Fsp3) is 0.240. The molecule has 2 aliphatic heterocycles. The molecule has 0 bridgehead atoms. The van der Waals surface area contributed by atoms with Crippen LogP contribution >= 0.6 is 0 Å². The number of piperidine rings is 2. The standard InChI is InChI=1S/C13H13FN2O2.C12H13N3O2/c1-8-6-7-9(12(17)15-8)13(18)16-11-5-3-2-4-10(11)14;1-8-5-6-9(11(16)14-8)12(17)15-10-4-2-3-7-13-10/h2-5,9H,1,6-7H2,(H,15,17)(H,16,18);2-4,7,9H,1,5-6H2,(H,14,16)(H,13,15,17). The Morgan fingerprint density at radius 3 is 1.91 bits per heavy atom. The number of allylic oxidation sites excluding steroid dienone is 2. The van der Waals surface area contributed by atoms with Crippen LogP contribution in [0.15, 0.2) is 73.2 Å². The highest BCUT2D eigenvalue weighted by Crippen LogP contribution is 2.20. The van der Waals surface area contributed by atoms with Crippen molar-refractivity contribution in [3.63, 3.8) is 0 Å². The van der Waals surface area contributed by atoms with Crippen LogP contribution in [-0.4, -0.2) is 28.6 Å². The van der Waals surface area contributed by atoms with Gasteiger partial charge in [-0.25, -0.2) is 9.37 Å². The second-order valence-corrected chi connectivity index (χ2v) is 8.04. The molecular weight excluding hydrogens is 453 g/mol. The van der Waals surface area contributed by atoms with Crippen LogP contribution in [0.25, 0.3) is 0 Å². The van der Waals surface area contributed by atoms with E-state index in [0.29, 0.717) is 42.9 Å². The average molecular weight is 480 g/mol. The number of aromatic nitrogens is 1. The molecule has 182 valence electrons. The summed E-state index contributed by atoms with van der Waals surface area (Å²) in [5.41, 5.74) is 1.35. The third-order valence-electron chi connectivity index (χ3n) is 5.38. The first-order valence-electron chi connectivity index (χ1n) is 11.0. The summed E-state index contributed by atoms with van der Waals surface area (Å²) in [5.74, 6) is -3.03. The molecule has 10 heteroatoms. The summed E-state index contributed by atoms with van der Waals surface area (Å²) in [6.45, 7) is 7.30. The molecule has 0 saturated carbocycles. The van der Waals surface area contributed by atoms with Crippen molar-refractivity contribution in [2.75, 3.05) is 10.6 Å². The molecule has 9 nitrogen and oxygen atoms in total. The molecule has 3 heterocycles. The highest BCUT2D eigenvalue weighted by molar-refractivity contribution is 6.07. The van der Waals surface area contributed by atoms with Crippen LogP contribution in [0.1, 0.15) is 25.7 Å². The van der Waals surface area contributed by atoms with Gasteiger partial charge in [0.2, 0.25) is 23.6 Å². The first-order chi connectivity index (χ1) is 16.7. The van der Waals surface area contributed by atoms with Crippen molar-refractivity contribution in [2.45, 2.75) is 25.7 Å². The van der Waals surface area contributed by atoms with E-state index in [0.717, 1.165) is 0 Å². The van der Waals surface area contributed by atoms with Gasteiger partial charge in [-0.1, -0.05) is 31.4 Å². The SMILES string of the molecule is C=C1CCC(C(=O)Nc2ccccc2F)C(=O)N1.C=C1CCC(C(=O)Nc2ccccn2)C(=O)N1. The average Bonchev–Trinajstić information content (AvgIpc) is 2.81. The topological polar surface area (TPSA) is 129 Å². The number of para-hydroxylation sites is 1. The Hall–Kier alpha value is -4.34. The molecule has 2 fully saturated rings. The minimum atomic E-state index is -0.796. The van der Waals surface area contributed by atoms with Crippen molar-refractivity contribution in [3.8, 4) is 0 Å². The maximum absolute atomic E-state index is 13.3. The first kappa shape index (κ1) is 25.3. The number of hydrogen-bond donors (Lipinski definition) is 4. The smallest absolute Gasteiger partial charge is 0.238 e. The van der Waals surface area contributed by atoms with Gasteiger partial charge in [0, 0.05) is 17.6 Å². The van der Waals surface area contributed by atoms with E-state index in [1.165, 1.54) is 18.2 Å². The van der Waals surface area contributed by atoms with Crippen molar-refractivity contribution in [3.05, 3.63) is 79.0 Å². The summed E-state index contributed by atoms with van der Waals surface area (Å²) >= 11 is 0. The molecule has 2 aliphatic rings. The first-order valence-corrected chi connectivity index (χ1v) is 11.0. The van der Waals surface area contributed by atoms with Gasteiger partial charge < -0.3 is 21.3 Å². The molecule has 4 N–H and O–H groups in total. The number of nitrogens with zero attached hydrogens (tertiary/aromatic N) is 1. The molecule has 2 saturated heterocycles. The largest absolute Gasteiger partial charge is 0.330 e. The maximum atomic E-state index is 13.3. The molecule has 2 atom stereocenters. The van der Waals surface area contributed by atoms with Gasteiger partial charge in [-0.05, 0) is 49.9 Å². The van der Waals surface area contributed by atoms with E-state index in [1.807, 2.05) is 0 Å². The molecule has 4 amide bonds. The van der Waals surface area contributed by atoms with E-state index >= 15 is 0 Å². The highest BCUT2D eigenvalue weighted by atomic mass is 19.1. The number of pyridine rings is 1. The fourth-order valence-electron chi connectivity index (χ4n) is 3.48. The van der Waals surface area contributed by atoms with Gasteiger partial charge in [-0.2, -0.15) is 0 Å². The van der Waals surface area contributed by atoms with Crippen molar-refractivity contribution < 1.29 is 23.6 Å². The molecule has 4 rings (SSSR count). The van der Waals surface area contributed by atoms with E-state index in [4.69, 9.17) is 0 Å². The molecule has 35 heavy (non-hydrogen) atoms. The van der Waals surface area contributed by atoms with Crippen LogP contribution in [0.4, 0.5) is 15.9 Å². The number of amides is 4. The zero-order valence-corrected chi connectivity index (χ0v) is 19.0. The van der Waals surface area contributed by atoms with E-state index < -0.39 is 23.6 Å². The van der Waals surface area contributed by atoms with E-state index in [2.05, 4.69) is 39.4 Å². The Morgan fingerprint density at radius 1 is 0.857 bits per heavy atom. The number of anilines is 2. The Kier molecular flexibility index (Phi) is 8.44. The van der Waals surface area contributed by atoms with Gasteiger partial charge in [0.05, 0.1) is 5.69 Å². The molecule has 2 aromatic rings. The normalized spacial score (nSPS) is 19.5. The summed E-state index contributed by atoms with van der Waals surface area (Å²) in [7, 11) is 0. The molecule has 2 unspecified atom stereocenters. The van der Waals surface area contributed by atoms with Gasteiger partial charge in [0.15, 0.2) is 0 Å². The van der Waals surface area contributed by atoms with E-state index in [1.54, 1.807) is 30.5 Å². The monoisotopic (exact) mass is 479 g/mol. The minimum absolute atomic E-state index is 0.0831. The lowest BCUT2D eigenvalue weighted by Crippen LogP contribution is -2.41. The zero-order chi connectivity index (χ0) is 25.4. The number of benzene rings is 1. The predicted molar refractivity (Wildman–Crippen MR) is 128 cm³/mol. The Morgan fingerprint density at radius 2 is 1.40 bits per heavy atom. The molecular formula is C25H26FN5O4. The van der Waals surface area contributed by atoms with Crippen molar-refractivity contribution >= 4 is 35.1 Å². The van der Waals surface area contributed by atoms with Crippen LogP contribution in [0.5, 0.6) is 0 Å². The van der Waals surface area contributed by atoms with Crippen LogP contribution in [-0.2, 0) is 19.2 Å². The third kappa shape index (κ3) is 7.07. The lowest BCUT2D eigenvalue weighted by Gasteiger charge is -2.22. The molecule has 1 aromatic heterocycles. The van der Waals surface area contributed by atoms with Gasteiger partial charge in [0.25, 0.3) is 0 Å². The molecule has 1 aromatic carbocycles. The van der Waals surface area contributed by atoms with Gasteiger partial charge in [-0.15, -0.1) is 0 Å². The Balaban J connectivity index is 0.000000196. The minimum Gasteiger partial charge on any atom is -0.330 e. The number of rotatable bonds is 4. The highest BCUT2D eigenvalue weighted by Gasteiger charge is 2.31. The molecule has 0 aliphatic carbocycles. The van der Waals surface area contributed by atoms with Crippen molar-refractivity contribution in [1.82, 2.24) is 15.6 Å². The van der Waals surface area contributed by atoms with Crippen molar-refractivity contribution in [2.24, 2.45) is 11.8 Å². The molecule has 0 spiro atoms. The zero-order valence-electron chi connectivity index (χ0n) is 19.0. The fourth-order valence-corrected chi connectivity index (χ4v) is 3.48. The quantitative estimate of drug-likeness (QED) is 0.501. The maximum Gasteiger partial charge on any atom is 0.238 e. The molecule has 0 radical (unpaired) electrons. The van der Waals surface area contributed by atoms with Crippen LogP contribution in [0, 0.1) is 17.7 Å². The summed E-state index contributed by atoms with van der Waals surface area (Å²) in [6.07, 6.45) is 3.65. The summed E-state index contributed by atoms with van der Waals surface area (Å²) in [5, 5.41) is 10.1. The third-order valence-corrected chi connectivity index (χ3v) is 5.38. The number of halogens is 1. The lowest BCUT2D eigenvalue weighted by molar-refractivity contribution is -0.134. The Labute approximate surface area is 201 Å². The van der Waals surface area contributed by atoms with Gasteiger partial charge in [0.1, 0.15) is 23.5 Å². The van der Waals surface area contributed by atoms with Crippen LogP contribution in [0.2, 0.25) is 0 Å². The number of carbonyl (C=O) groups is 4. The van der Waals surface area contributed by atoms with Crippen LogP contribution < -0.4 is 21.3 Å². The number of hydrogen-bond acceptors (Lipinski definition) is 5. The summed E-state index contributed by atoms with van der Waals surface area (Å²) < 4.78 is 13.3. The second-order valence-electron chi connectivity index (χ2n) is 8.04. The van der Waals surface area contributed by atoms with Crippen molar-refractivity contribution in [1.29, 1.82) is 0 Å². The van der Waals surface area contributed by atoms with Gasteiger partial charge >= 0.3 is 0 Å². The predicted octanol–water partition coefficient (Wildman–Crippen LogP) is 2.86. The van der Waals surface area contributed by atoms with E-state index in [-0.39, 0.29) is 23.4 Å². The number of nitrogens with one attached hydrogen (secondary N) is 4. The summed E-state index contributed by atoms with van der Waals surface area (Å²) in [4.78, 5) is 50.9. The summed E-state index contributed by atoms with van der Waals surface area (Å²) in [6, 6.07) is 11.0. The second kappa shape index (κ2) is 11.7. The van der Waals surface area contributed by atoms with Crippen LogP contribution in [0.3, 0.4) is 0 Å². The lowest BCUT2D eigenvalue weighted by atomic mass is 9.96. The number of carbonyl (C=O) groups excluding carboxylic acids is 4. The Bertz CT molecular complexity index is 1150. The van der Waals surface area contributed by atoms with E-state index in [9.17, 15) is 23.6 Å². The van der Waals surface area contributed by atoms with Gasteiger partial charge in [-0.3, -0.25) is 19.2 Å².